The smallest absolute Gasteiger partial charge is 0.221 e. The van der Waals surface area contributed by atoms with Crippen LogP contribution in [0.2, 0.25) is 10.0 Å². The van der Waals surface area contributed by atoms with Crippen molar-refractivity contribution in [1.29, 1.82) is 0 Å². The Labute approximate surface area is 162 Å². The molecule has 2 N–H and O–H groups in total. The maximum atomic E-state index is 12.4. The predicted octanol–water partition coefficient (Wildman–Crippen LogP) is 4.76. The van der Waals surface area contributed by atoms with Gasteiger partial charge in [0.1, 0.15) is 0 Å². The number of hydrogen-bond donors (Lipinski definition) is 2. The van der Waals surface area contributed by atoms with Gasteiger partial charge in [-0.3, -0.25) is 4.79 Å². The summed E-state index contributed by atoms with van der Waals surface area (Å²) in [6.45, 7) is 0.966. The van der Waals surface area contributed by atoms with Crippen LogP contribution in [0.3, 0.4) is 0 Å². The largest absolute Gasteiger partial charge is 0.383 e. The fourth-order valence-corrected chi connectivity index (χ4v) is 3.38. The Kier molecular flexibility index (Phi) is 6.20. The van der Waals surface area contributed by atoms with E-state index in [-0.39, 0.29) is 11.8 Å². The lowest BCUT2D eigenvalue weighted by atomic mass is 9.88. The molecule has 3 rings (SSSR count). The number of carbonyl (C=O) groups excluding carboxylic acids is 1. The standard InChI is InChI=1S/C20H20Cl2N2O2/c1-26-9-8-23-20(25)11-15(13-6-7-17(21)18(22)10-13)16-12-24-19-5-3-2-4-14(16)19/h2-7,10,12,15,24H,8-9,11H2,1H3,(H,23,25)/t15-/m1/s1. The molecule has 136 valence electrons. The number of para-hydroxylation sites is 1. The van der Waals surface area contributed by atoms with E-state index in [0.717, 1.165) is 22.0 Å². The van der Waals surface area contributed by atoms with Crippen molar-refractivity contribution in [2.45, 2.75) is 12.3 Å². The third-order valence-electron chi connectivity index (χ3n) is 4.36. The molecule has 2 aromatic carbocycles. The third-order valence-corrected chi connectivity index (χ3v) is 5.10. The lowest BCUT2D eigenvalue weighted by molar-refractivity contribution is -0.121. The van der Waals surface area contributed by atoms with Crippen molar-refractivity contribution >= 4 is 40.0 Å². The lowest BCUT2D eigenvalue weighted by Crippen LogP contribution is -2.28. The summed E-state index contributed by atoms with van der Waals surface area (Å²) in [6.07, 6.45) is 2.27. The highest BCUT2D eigenvalue weighted by Crippen LogP contribution is 2.35. The van der Waals surface area contributed by atoms with E-state index in [2.05, 4.69) is 16.4 Å². The quantitative estimate of drug-likeness (QED) is 0.571. The Bertz CT molecular complexity index is 908. The van der Waals surface area contributed by atoms with Gasteiger partial charge in [-0.15, -0.1) is 0 Å². The van der Waals surface area contributed by atoms with Crippen LogP contribution in [0.4, 0.5) is 0 Å². The summed E-state index contributed by atoms with van der Waals surface area (Å²) in [7, 11) is 1.61. The lowest BCUT2D eigenvalue weighted by Gasteiger charge is -2.18. The van der Waals surface area contributed by atoms with E-state index in [0.29, 0.717) is 29.6 Å². The average molecular weight is 391 g/mol. The molecule has 4 nitrogen and oxygen atoms in total. The van der Waals surface area contributed by atoms with E-state index < -0.39 is 0 Å². The molecule has 0 aliphatic rings. The fraction of sp³-hybridized carbons (Fsp3) is 0.250. The summed E-state index contributed by atoms with van der Waals surface area (Å²) in [6, 6.07) is 13.6. The van der Waals surface area contributed by atoms with Gasteiger partial charge in [0.15, 0.2) is 0 Å². The number of ether oxygens (including phenoxy) is 1. The van der Waals surface area contributed by atoms with E-state index in [4.69, 9.17) is 27.9 Å². The number of nitrogens with one attached hydrogen (secondary N) is 2. The Morgan fingerprint density at radius 1 is 1.19 bits per heavy atom. The highest BCUT2D eigenvalue weighted by molar-refractivity contribution is 6.42. The van der Waals surface area contributed by atoms with Gasteiger partial charge in [0, 0.05) is 43.1 Å². The molecule has 0 radical (unpaired) electrons. The first-order chi connectivity index (χ1) is 12.6. The summed E-state index contributed by atoms with van der Waals surface area (Å²) in [5, 5.41) is 4.96. The van der Waals surface area contributed by atoms with Crippen molar-refractivity contribution in [3.63, 3.8) is 0 Å². The zero-order valence-corrected chi connectivity index (χ0v) is 15.9. The topological polar surface area (TPSA) is 54.1 Å². The average Bonchev–Trinajstić information content (AvgIpc) is 3.06. The monoisotopic (exact) mass is 390 g/mol. The number of fused-ring (bicyclic) bond motifs is 1. The Hall–Kier alpha value is -2.01. The molecule has 6 heteroatoms. The van der Waals surface area contributed by atoms with Crippen LogP contribution in [-0.2, 0) is 9.53 Å². The van der Waals surface area contributed by atoms with Crippen LogP contribution in [0.1, 0.15) is 23.5 Å². The van der Waals surface area contributed by atoms with Crippen LogP contribution in [0.25, 0.3) is 10.9 Å². The number of halogens is 2. The predicted molar refractivity (Wildman–Crippen MR) is 106 cm³/mol. The minimum atomic E-state index is -0.136. The minimum Gasteiger partial charge on any atom is -0.383 e. The maximum Gasteiger partial charge on any atom is 0.221 e. The van der Waals surface area contributed by atoms with Crippen molar-refractivity contribution in [2.24, 2.45) is 0 Å². The number of H-pyrrole nitrogens is 1. The SMILES string of the molecule is COCCNC(=O)C[C@H](c1ccc(Cl)c(Cl)c1)c1c[nH]c2ccccc12. The molecule has 0 saturated heterocycles. The van der Waals surface area contributed by atoms with Gasteiger partial charge < -0.3 is 15.0 Å². The zero-order chi connectivity index (χ0) is 18.5. The number of aromatic nitrogens is 1. The van der Waals surface area contributed by atoms with E-state index in [1.807, 2.05) is 36.5 Å². The zero-order valence-electron chi connectivity index (χ0n) is 14.4. The van der Waals surface area contributed by atoms with Gasteiger partial charge in [0.05, 0.1) is 16.7 Å². The molecule has 26 heavy (non-hydrogen) atoms. The number of methoxy groups -OCH3 is 1. The molecule has 1 heterocycles. The summed E-state index contributed by atoms with van der Waals surface area (Å²) in [5.41, 5.74) is 3.04. The molecule has 0 fully saturated rings. The number of carbonyl (C=O) groups is 1. The van der Waals surface area contributed by atoms with E-state index >= 15 is 0 Å². The van der Waals surface area contributed by atoms with E-state index in [9.17, 15) is 4.79 Å². The number of aromatic amines is 1. The molecular weight excluding hydrogens is 371 g/mol. The first kappa shape index (κ1) is 18.8. The highest BCUT2D eigenvalue weighted by atomic mass is 35.5. The van der Waals surface area contributed by atoms with Gasteiger partial charge in [-0.25, -0.2) is 0 Å². The molecule has 3 aromatic rings. The Morgan fingerprint density at radius 3 is 2.77 bits per heavy atom. The molecule has 0 spiro atoms. The molecule has 0 saturated carbocycles. The van der Waals surface area contributed by atoms with Gasteiger partial charge in [-0.2, -0.15) is 0 Å². The number of hydrogen-bond acceptors (Lipinski definition) is 2. The van der Waals surface area contributed by atoms with Crippen LogP contribution >= 0.6 is 23.2 Å². The van der Waals surface area contributed by atoms with Crippen LogP contribution in [-0.4, -0.2) is 31.2 Å². The summed E-state index contributed by atoms with van der Waals surface area (Å²) >= 11 is 12.3. The summed E-state index contributed by atoms with van der Waals surface area (Å²) in [4.78, 5) is 15.7. The van der Waals surface area contributed by atoms with Crippen LogP contribution < -0.4 is 5.32 Å². The van der Waals surface area contributed by atoms with Gasteiger partial charge in [0.2, 0.25) is 5.91 Å². The molecule has 1 amide bonds. The van der Waals surface area contributed by atoms with Gasteiger partial charge in [-0.1, -0.05) is 47.5 Å². The van der Waals surface area contributed by atoms with Crippen molar-refractivity contribution in [2.75, 3.05) is 20.3 Å². The van der Waals surface area contributed by atoms with Gasteiger partial charge >= 0.3 is 0 Å². The van der Waals surface area contributed by atoms with Crippen molar-refractivity contribution < 1.29 is 9.53 Å². The van der Waals surface area contributed by atoms with Gasteiger partial charge in [0.25, 0.3) is 0 Å². The summed E-state index contributed by atoms with van der Waals surface area (Å²) in [5.74, 6) is -0.174. The second-order valence-corrected chi connectivity index (χ2v) is 6.88. The Morgan fingerprint density at radius 2 is 2.00 bits per heavy atom. The molecule has 0 bridgehead atoms. The molecule has 1 aromatic heterocycles. The van der Waals surface area contributed by atoms with Crippen molar-refractivity contribution in [3.8, 4) is 0 Å². The van der Waals surface area contributed by atoms with Crippen LogP contribution in [0.15, 0.2) is 48.7 Å². The van der Waals surface area contributed by atoms with Crippen molar-refractivity contribution in [1.82, 2.24) is 10.3 Å². The highest BCUT2D eigenvalue weighted by Gasteiger charge is 2.22. The minimum absolute atomic E-state index is 0.0385. The molecule has 0 aliphatic heterocycles. The number of rotatable bonds is 7. The number of benzene rings is 2. The molecular formula is C20H20Cl2N2O2. The summed E-state index contributed by atoms with van der Waals surface area (Å²) < 4.78 is 4.99. The molecule has 1 atom stereocenters. The maximum absolute atomic E-state index is 12.4. The van der Waals surface area contributed by atoms with E-state index in [1.54, 1.807) is 13.2 Å². The first-order valence-corrected chi connectivity index (χ1v) is 9.12. The first-order valence-electron chi connectivity index (χ1n) is 8.36. The number of amides is 1. The van der Waals surface area contributed by atoms with E-state index in [1.165, 1.54) is 0 Å². The second-order valence-electron chi connectivity index (χ2n) is 6.06. The molecule has 0 unspecified atom stereocenters. The second kappa shape index (κ2) is 8.58. The molecule has 0 aliphatic carbocycles. The fourth-order valence-electron chi connectivity index (χ4n) is 3.07. The van der Waals surface area contributed by atoms with Gasteiger partial charge in [-0.05, 0) is 29.3 Å². The van der Waals surface area contributed by atoms with Crippen molar-refractivity contribution in [3.05, 3.63) is 69.8 Å². The third kappa shape index (κ3) is 4.21. The van der Waals surface area contributed by atoms with Crippen LogP contribution in [0, 0.1) is 0 Å². The Balaban J connectivity index is 1.96. The van der Waals surface area contributed by atoms with Crippen LogP contribution in [0.5, 0.6) is 0 Å². The normalized spacial score (nSPS) is 12.3.